The monoisotopic (exact) mass is 237 g/mol. The minimum atomic E-state index is -0.0222. The van der Waals surface area contributed by atoms with Gasteiger partial charge in [0.15, 0.2) is 0 Å². The molecule has 0 aromatic carbocycles. The number of nitrogens with one attached hydrogen (secondary N) is 1. The fraction of sp³-hybridized carbons (Fsp3) is 0.769. The summed E-state index contributed by atoms with van der Waals surface area (Å²) in [6.07, 6.45) is 7.20. The number of nitrogens with two attached hydrogens (primary N) is 1. The molecule has 4 nitrogen and oxygen atoms in total. The predicted molar refractivity (Wildman–Crippen MR) is 68.5 cm³/mol. The van der Waals surface area contributed by atoms with E-state index in [-0.39, 0.29) is 23.9 Å². The Morgan fingerprint density at radius 3 is 2.76 bits per heavy atom. The highest BCUT2D eigenvalue weighted by Gasteiger charge is 2.24. The van der Waals surface area contributed by atoms with Crippen LogP contribution in [0.25, 0.3) is 0 Å². The van der Waals surface area contributed by atoms with Gasteiger partial charge in [-0.25, -0.2) is 0 Å². The summed E-state index contributed by atoms with van der Waals surface area (Å²) < 4.78 is 0. The molecule has 1 saturated heterocycles. The Morgan fingerprint density at radius 2 is 2.18 bits per heavy atom. The van der Waals surface area contributed by atoms with Gasteiger partial charge in [-0.05, 0) is 39.3 Å². The lowest BCUT2D eigenvalue weighted by atomic mass is 10.1. The van der Waals surface area contributed by atoms with Gasteiger partial charge in [-0.1, -0.05) is 12.2 Å². The van der Waals surface area contributed by atoms with Gasteiger partial charge in [-0.3, -0.25) is 4.79 Å². The lowest BCUT2D eigenvalue weighted by molar-refractivity contribution is -0.124. The summed E-state index contributed by atoms with van der Waals surface area (Å²) in [5, 5.41) is 3.08. The van der Waals surface area contributed by atoms with E-state index in [9.17, 15) is 4.79 Å². The Balaban J connectivity index is 1.72. The average Bonchev–Trinajstić information content (AvgIpc) is 2.89. The van der Waals surface area contributed by atoms with Gasteiger partial charge >= 0.3 is 0 Å². The van der Waals surface area contributed by atoms with Crippen LogP contribution in [-0.2, 0) is 4.79 Å². The Kier molecular flexibility index (Phi) is 4.18. The minimum Gasteiger partial charge on any atom is -0.352 e. The van der Waals surface area contributed by atoms with E-state index in [4.69, 9.17) is 5.73 Å². The second kappa shape index (κ2) is 5.65. The minimum absolute atomic E-state index is 0.0222. The summed E-state index contributed by atoms with van der Waals surface area (Å²) in [6.45, 7) is 5.39. The largest absolute Gasteiger partial charge is 0.352 e. The molecule has 1 heterocycles. The van der Waals surface area contributed by atoms with Crippen LogP contribution in [0, 0.1) is 5.92 Å². The molecular weight excluding hydrogens is 214 g/mol. The molecule has 2 aliphatic rings. The van der Waals surface area contributed by atoms with Crippen LogP contribution >= 0.6 is 0 Å². The highest BCUT2D eigenvalue weighted by molar-refractivity contribution is 5.81. The zero-order valence-corrected chi connectivity index (χ0v) is 10.6. The third-order valence-electron chi connectivity index (χ3n) is 3.57. The lowest BCUT2D eigenvalue weighted by Gasteiger charge is -2.22. The highest BCUT2D eigenvalue weighted by atomic mass is 16.1. The Morgan fingerprint density at radius 1 is 1.47 bits per heavy atom. The van der Waals surface area contributed by atoms with Gasteiger partial charge in [0.2, 0.25) is 5.91 Å². The molecule has 3 unspecified atom stereocenters. The SMILES string of the molecule is CC(CN1CCCC1)NC(=O)C1C=CC(N)C1. The second-order valence-corrected chi connectivity index (χ2v) is 5.31. The first-order valence-electron chi connectivity index (χ1n) is 6.62. The maximum atomic E-state index is 11.9. The third-order valence-corrected chi connectivity index (χ3v) is 3.57. The summed E-state index contributed by atoms with van der Waals surface area (Å²) in [5.41, 5.74) is 5.75. The summed E-state index contributed by atoms with van der Waals surface area (Å²) >= 11 is 0. The highest BCUT2D eigenvalue weighted by Crippen LogP contribution is 2.16. The van der Waals surface area contributed by atoms with Crippen LogP contribution in [0.1, 0.15) is 26.2 Å². The smallest absolute Gasteiger partial charge is 0.227 e. The average molecular weight is 237 g/mol. The molecule has 96 valence electrons. The molecule has 0 spiro atoms. The fourth-order valence-corrected chi connectivity index (χ4v) is 2.67. The molecule has 3 atom stereocenters. The van der Waals surface area contributed by atoms with Crippen LogP contribution in [0.5, 0.6) is 0 Å². The van der Waals surface area contributed by atoms with E-state index >= 15 is 0 Å². The topological polar surface area (TPSA) is 58.4 Å². The summed E-state index contributed by atoms with van der Waals surface area (Å²) in [5.74, 6) is 0.104. The molecule has 2 rings (SSSR count). The first-order valence-corrected chi connectivity index (χ1v) is 6.62. The van der Waals surface area contributed by atoms with Crippen molar-refractivity contribution in [2.45, 2.75) is 38.3 Å². The molecule has 1 amide bonds. The van der Waals surface area contributed by atoms with Crippen molar-refractivity contribution < 1.29 is 4.79 Å². The summed E-state index contributed by atoms with van der Waals surface area (Å²) in [4.78, 5) is 14.4. The van der Waals surface area contributed by atoms with Crippen molar-refractivity contribution in [3.05, 3.63) is 12.2 Å². The molecule has 3 N–H and O–H groups in total. The Labute approximate surface area is 103 Å². The van der Waals surface area contributed by atoms with Crippen molar-refractivity contribution in [1.82, 2.24) is 10.2 Å². The quantitative estimate of drug-likeness (QED) is 0.700. The van der Waals surface area contributed by atoms with Crippen molar-refractivity contribution >= 4 is 5.91 Å². The molecule has 4 heteroatoms. The van der Waals surface area contributed by atoms with E-state index in [2.05, 4.69) is 17.1 Å². The molecule has 1 aliphatic heterocycles. The number of rotatable bonds is 4. The van der Waals surface area contributed by atoms with Crippen LogP contribution in [-0.4, -0.2) is 42.5 Å². The number of carbonyl (C=O) groups is 1. The fourth-order valence-electron chi connectivity index (χ4n) is 2.67. The number of likely N-dealkylation sites (tertiary alicyclic amines) is 1. The van der Waals surface area contributed by atoms with E-state index < -0.39 is 0 Å². The molecule has 1 aliphatic carbocycles. The van der Waals surface area contributed by atoms with Gasteiger partial charge < -0.3 is 16.0 Å². The van der Waals surface area contributed by atoms with Crippen molar-refractivity contribution in [2.75, 3.05) is 19.6 Å². The zero-order chi connectivity index (χ0) is 12.3. The van der Waals surface area contributed by atoms with Crippen molar-refractivity contribution in [3.63, 3.8) is 0 Å². The second-order valence-electron chi connectivity index (χ2n) is 5.31. The number of hydrogen-bond acceptors (Lipinski definition) is 3. The number of carbonyl (C=O) groups excluding carboxylic acids is 1. The molecule has 17 heavy (non-hydrogen) atoms. The molecule has 0 aromatic heterocycles. The molecular formula is C13H23N3O. The van der Waals surface area contributed by atoms with Crippen molar-refractivity contribution in [2.24, 2.45) is 11.7 Å². The van der Waals surface area contributed by atoms with E-state index in [1.807, 2.05) is 12.2 Å². The molecule has 0 aromatic rings. The Hall–Kier alpha value is -0.870. The Bertz CT molecular complexity index is 297. The maximum absolute atomic E-state index is 11.9. The number of nitrogens with zero attached hydrogens (tertiary/aromatic N) is 1. The van der Waals surface area contributed by atoms with Crippen molar-refractivity contribution in [3.8, 4) is 0 Å². The molecule has 0 saturated carbocycles. The lowest BCUT2D eigenvalue weighted by Crippen LogP contribution is -2.43. The van der Waals surface area contributed by atoms with Crippen LogP contribution in [0.3, 0.4) is 0 Å². The maximum Gasteiger partial charge on any atom is 0.227 e. The number of amides is 1. The number of hydrogen-bond donors (Lipinski definition) is 2. The van der Waals surface area contributed by atoms with E-state index in [1.165, 1.54) is 25.9 Å². The first-order chi connectivity index (χ1) is 8.15. The van der Waals surface area contributed by atoms with Crippen LogP contribution in [0.15, 0.2) is 12.2 Å². The van der Waals surface area contributed by atoms with Gasteiger partial charge in [0.25, 0.3) is 0 Å². The van der Waals surface area contributed by atoms with E-state index in [1.54, 1.807) is 0 Å². The van der Waals surface area contributed by atoms with Gasteiger partial charge in [0, 0.05) is 18.6 Å². The van der Waals surface area contributed by atoms with Gasteiger partial charge in [0.1, 0.15) is 0 Å². The normalized spacial score (nSPS) is 30.7. The summed E-state index contributed by atoms with van der Waals surface area (Å²) in [7, 11) is 0. The molecule has 0 bridgehead atoms. The molecule has 0 radical (unpaired) electrons. The van der Waals surface area contributed by atoms with Crippen molar-refractivity contribution in [1.29, 1.82) is 0 Å². The van der Waals surface area contributed by atoms with Crippen LogP contribution < -0.4 is 11.1 Å². The third kappa shape index (κ3) is 3.54. The van der Waals surface area contributed by atoms with Gasteiger partial charge in [-0.15, -0.1) is 0 Å². The first kappa shape index (κ1) is 12.6. The van der Waals surface area contributed by atoms with E-state index in [0.29, 0.717) is 0 Å². The van der Waals surface area contributed by atoms with Gasteiger partial charge in [0.05, 0.1) is 5.92 Å². The molecule has 1 fully saturated rings. The standard InChI is InChI=1S/C13H23N3O/c1-10(9-16-6-2-3-7-16)15-13(17)11-4-5-12(14)8-11/h4-5,10-12H,2-3,6-9,14H2,1H3,(H,15,17). The summed E-state index contributed by atoms with van der Waals surface area (Å²) in [6, 6.07) is 0.283. The van der Waals surface area contributed by atoms with Crippen LogP contribution in [0.2, 0.25) is 0 Å². The van der Waals surface area contributed by atoms with E-state index in [0.717, 1.165) is 13.0 Å². The zero-order valence-electron chi connectivity index (χ0n) is 10.6. The van der Waals surface area contributed by atoms with Gasteiger partial charge in [-0.2, -0.15) is 0 Å². The predicted octanol–water partition coefficient (Wildman–Crippen LogP) is 0.490. The van der Waals surface area contributed by atoms with Crippen LogP contribution in [0.4, 0.5) is 0 Å².